The third-order valence-electron chi connectivity index (χ3n) is 12.9. The molecule has 0 heterocycles. The number of thioether (sulfide) groups is 1. The van der Waals surface area contributed by atoms with Gasteiger partial charge in [-0.25, -0.2) is 9.59 Å². The molecule has 0 bridgehead atoms. The van der Waals surface area contributed by atoms with Crippen LogP contribution in [0.25, 0.3) is 11.1 Å². The predicted octanol–water partition coefficient (Wildman–Crippen LogP) is 10.7. The van der Waals surface area contributed by atoms with Crippen molar-refractivity contribution in [1.29, 1.82) is 0 Å². The van der Waals surface area contributed by atoms with Gasteiger partial charge in [0.1, 0.15) is 24.2 Å². The molecule has 70 heavy (non-hydrogen) atoms. The number of nitrogens with one attached hydrogen (secondary N) is 3. The average molecular weight is 942 g/mol. The van der Waals surface area contributed by atoms with E-state index in [9.17, 15) is 24.3 Å². The first kappa shape index (κ1) is 46.9. The predicted molar refractivity (Wildman–Crippen MR) is 275 cm³/mol. The minimum atomic E-state index is -1.69. The minimum absolute atomic E-state index is 0.00671. The third kappa shape index (κ3) is 9.72. The monoisotopic (exact) mass is 941 g/mol. The summed E-state index contributed by atoms with van der Waals surface area (Å²) in [6.45, 7) is -0.00671. The standard InChI is InChI=1S/C60H51N3O6S/c64-55(63-59(42-23-7-1-8-24-42,43-25-9-2-10-26-43)44-27-11-3-12-28-44)39-53(57(66)67)61-56(65)54(62-58(68)69-40-52-50-37-21-19-35-48(50)49-36-20-22-38-51(49)52)41-70-60(45-29-13-4-14-30-45,46-31-15-5-16-32-46)47-33-17-6-18-34-47/h1-38,52-54H,39-41H2,(H,61,65)(H,62,68)(H,63,64)(H,66,67)/t53-,54-/m0/s1. The van der Waals surface area contributed by atoms with Gasteiger partial charge >= 0.3 is 12.1 Å². The molecule has 0 fully saturated rings. The number of rotatable bonds is 18. The van der Waals surface area contributed by atoms with E-state index in [0.29, 0.717) is 0 Å². The molecule has 0 aromatic heterocycles. The van der Waals surface area contributed by atoms with Crippen molar-refractivity contribution in [2.75, 3.05) is 12.4 Å². The van der Waals surface area contributed by atoms with Gasteiger partial charge in [-0.15, -0.1) is 11.8 Å². The van der Waals surface area contributed by atoms with Gasteiger partial charge in [-0.3, -0.25) is 9.59 Å². The van der Waals surface area contributed by atoms with E-state index in [-0.39, 0.29) is 18.3 Å². The lowest BCUT2D eigenvalue weighted by Gasteiger charge is -2.37. The molecule has 2 atom stereocenters. The number of alkyl carbamates (subject to hydrolysis) is 1. The molecule has 0 radical (unpaired) electrons. The van der Waals surface area contributed by atoms with Gasteiger partial charge in [-0.05, 0) is 55.6 Å². The van der Waals surface area contributed by atoms with Gasteiger partial charge in [0.25, 0.3) is 0 Å². The van der Waals surface area contributed by atoms with Crippen molar-refractivity contribution in [1.82, 2.24) is 16.0 Å². The number of carbonyl (C=O) groups excluding carboxylic acids is 3. The maximum absolute atomic E-state index is 14.8. The molecule has 8 aromatic carbocycles. The maximum atomic E-state index is 14.8. The van der Waals surface area contributed by atoms with Gasteiger partial charge in [0.05, 0.1) is 11.2 Å². The Bertz CT molecular complexity index is 2810. The van der Waals surface area contributed by atoms with Crippen molar-refractivity contribution in [3.8, 4) is 11.1 Å². The van der Waals surface area contributed by atoms with Gasteiger partial charge in [0.15, 0.2) is 0 Å². The molecular formula is C60H51N3O6S. The van der Waals surface area contributed by atoms with Crippen LogP contribution in [-0.4, -0.2) is 53.4 Å². The quantitative estimate of drug-likeness (QED) is 0.0630. The second kappa shape index (κ2) is 21.4. The van der Waals surface area contributed by atoms with Crippen LogP contribution < -0.4 is 16.0 Å². The van der Waals surface area contributed by atoms with Crippen LogP contribution in [0, 0.1) is 0 Å². The second-order valence-corrected chi connectivity index (χ2v) is 18.3. The van der Waals surface area contributed by atoms with Crippen molar-refractivity contribution < 1.29 is 29.0 Å². The molecule has 4 N–H and O–H groups in total. The van der Waals surface area contributed by atoms with Crippen LogP contribution in [0.2, 0.25) is 0 Å². The van der Waals surface area contributed by atoms with Crippen molar-refractivity contribution in [3.05, 3.63) is 275 Å². The molecule has 0 aliphatic heterocycles. The van der Waals surface area contributed by atoms with Crippen LogP contribution >= 0.6 is 11.8 Å². The van der Waals surface area contributed by atoms with Crippen molar-refractivity contribution >= 4 is 35.6 Å². The van der Waals surface area contributed by atoms with Gasteiger partial charge < -0.3 is 25.8 Å². The number of benzene rings is 8. The number of carboxylic acids is 1. The van der Waals surface area contributed by atoms with E-state index in [4.69, 9.17) is 4.74 Å². The van der Waals surface area contributed by atoms with Crippen LogP contribution in [-0.2, 0) is 29.4 Å². The molecule has 3 amide bonds. The smallest absolute Gasteiger partial charge is 0.407 e. The Hall–Kier alpha value is -8.21. The number of aliphatic carboxylic acids is 1. The van der Waals surface area contributed by atoms with E-state index < -0.39 is 52.7 Å². The summed E-state index contributed by atoms with van der Waals surface area (Å²) in [4.78, 5) is 56.7. The lowest BCUT2D eigenvalue weighted by molar-refractivity contribution is -0.144. The highest BCUT2D eigenvalue weighted by atomic mass is 32.2. The number of hydrogen-bond donors (Lipinski definition) is 4. The van der Waals surface area contributed by atoms with Gasteiger partial charge in [0, 0.05) is 11.7 Å². The highest BCUT2D eigenvalue weighted by molar-refractivity contribution is 8.00. The third-order valence-corrected chi connectivity index (χ3v) is 14.6. The summed E-state index contributed by atoms with van der Waals surface area (Å²) in [6.07, 6.45) is -1.47. The Morgan fingerprint density at radius 1 is 0.486 bits per heavy atom. The Kier molecular flexibility index (Phi) is 14.3. The first-order valence-electron chi connectivity index (χ1n) is 23.2. The first-order chi connectivity index (χ1) is 34.3. The van der Waals surface area contributed by atoms with Gasteiger partial charge in [-0.1, -0.05) is 231 Å². The molecular weight excluding hydrogens is 891 g/mol. The summed E-state index contributed by atoms with van der Waals surface area (Å²) in [5.41, 5.74) is 7.99. The van der Waals surface area contributed by atoms with Crippen LogP contribution in [0.3, 0.4) is 0 Å². The Balaban J connectivity index is 1.03. The summed E-state index contributed by atoms with van der Waals surface area (Å²) >= 11 is 1.42. The maximum Gasteiger partial charge on any atom is 0.407 e. The molecule has 0 spiro atoms. The fourth-order valence-electron chi connectivity index (χ4n) is 9.64. The van der Waals surface area contributed by atoms with Crippen molar-refractivity contribution in [3.63, 3.8) is 0 Å². The largest absolute Gasteiger partial charge is 0.480 e. The fourth-order valence-corrected chi connectivity index (χ4v) is 11.2. The molecule has 10 heteroatoms. The molecule has 9 nitrogen and oxygen atoms in total. The normalized spacial score (nSPS) is 12.9. The van der Waals surface area contributed by atoms with Crippen LogP contribution in [0.15, 0.2) is 231 Å². The number of hydrogen-bond acceptors (Lipinski definition) is 6. The van der Waals surface area contributed by atoms with Crippen LogP contribution in [0.4, 0.5) is 4.79 Å². The number of fused-ring (bicyclic) bond motifs is 3. The highest BCUT2D eigenvalue weighted by Crippen LogP contribution is 2.49. The van der Waals surface area contributed by atoms with Gasteiger partial charge in [-0.2, -0.15) is 0 Å². The number of carboxylic acid groups (broad SMARTS) is 1. The van der Waals surface area contributed by atoms with Gasteiger partial charge in [0.2, 0.25) is 11.8 Å². The Morgan fingerprint density at radius 2 is 0.857 bits per heavy atom. The molecule has 1 aliphatic carbocycles. The molecule has 9 rings (SSSR count). The Morgan fingerprint density at radius 3 is 1.26 bits per heavy atom. The Labute approximate surface area is 412 Å². The summed E-state index contributed by atoms with van der Waals surface area (Å²) in [6, 6.07) is 71.1. The van der Waals surface area contributed by atoms with Crippen molar-refractivity contribution in [2.45, 2.75) is 34.7 Å². The molecule has 0 saturated heterocycles. The van der Waals surface area contributed by atoms with Crippen LogP contribution in [0.1, 0.15) is 56.8 Å². The fraction of sp³-hybridized carbons (Fsp3) is 0.133. The second-order valence-electron chi connectivity index (χ2n) is 17.1. The summed E-state index contributed by atoms with van der Waals surface area (Å²) in [7, 11) is 0. The van der Waals surface area contributed by atoms with Crippen molar-refractivity contribution in [2.24, 2.45) is 0 Å². The van der Waals surface area contributed by atoms with E-state index in [2.05, 4.69) is 28.1 Å². The molecule has 0 saturated carbocycles. The minimum Gasteiger partial charge on any atom is -0.480 e. The highest BCUT2D eigenvalue weighted by Gasteiger charge is 2.41. The summed E-state index contributed by atoms with van der Waals surface area (Å²) < 4.78 is 5.09. The van der Waals surface area contributed by atoms with Crippen LogP contribution in [0.5, 0.6) is 0 Å². The summed E-state index contributed by atoms with van der Waals surface area (Å²) in [5, 5.41) is 19.4. The average Bonchev–Trinajstić information content (AvgIpc) is 3.74. The number of ether oxygens (including phenoxy) is 1. The molecule has 348 valence electrons. The summed E-state index contributed by atoms with van der Waals surface area (Å²) in [5.74, 6) is -3.13. The van der Waals surface area contributed by atoms with E-state index >= 15 is 0 Å². The SMILES string of the molecule is O=C(C[C@H](NC(=O)[C@H](CSC(c1ccccc1)(c1ccccc1)c1ccccc1)NC(=O)OCC1c2ccccc2-c2ccccc21)C(=O)O)NC(c1ccccc1)(c1ccccc1)c1ccccc1. The number of amides is 3. The van der Waals surface area contributed by atoms with E-state index in [1.54, 1.807) is 0 Å². The molecule has 0 unspecified atom stereocenters. The van der Waals surface area contributed by atoms with E-state index in [1.165, 1.54) is 11.8 Å². The zero-order valence-electron chi connectivity index (χ0n) is 38.2. The molecule has 8 aromatic rings. The van der Waals surface area contributed by atoms with E-state index in [1.807, 2.05) is 218 Å². The number of carbonyl (C=O) groups is 4. The first-order valence-corrected chi connectivity index (χ1v) is 24.2. The van der Waals surface area contributed by atoms with E-state index in [0.717, 1.165) is 55.6 Å². The molecule has 1 aliphatic rings. The lowest BCUT2D eigenvalue weighted by atomic mass is 9.77. The zero-order chi connectivity index (χ0) is 48.3. The zero-order valence-corrected chi connectivity index (χ0v) is 39.0. The lowest BCUT2D eigenvalue weighted by Crippen LogP contribution is -2.55. The topological polar surface area (TPSA) is 134 Å².